The van der Waals surface area contributed by atoms with Crippen molar-refractivity contribution in [2.24, 2.45) is 4.99 Å². The normalized spacial score (nSPS) is 12.3. The Morgan fingerprint density at radius 3 is 2.63 bits per heavy atom. The van der Waals surface area contributed by atoms with Crippen molar-refractivity contribution in [2.45, 2.75) is 25.8 Å². The van der Waals surface area contributed by atoms with Crippen LogP contribution in [0.15, 0.2) is 75.7 Å². The monoisotopic (exact) mass is 495 g/mol. The fraction of sp³-hybridized carbons (Fsp3) is 0.286. The number of hydrogen-bond acceptors (Lipinski definition) is 3. The van der Waals surface area contributed by atoms with Gasteiger partial charge in [-0.2, -0.15) is 0 Å². The number of furan rings is 1. The molecule has 0 saturated heterocycles. The van der Waals surface area contributed by atoms with E-state index in [2.05, 4.69) is 59.3 Å². The molecule has 2 heterocycles. The first-order valence-corrected chi connectivity index (χ1v) is 9.84. The molecule has 0 fully saturated rings. The molecule has 0 aliphatic heterocycles. The predicted octanol–water partition coefficient (Wildman–Crippen LogP) is 5.04. The van der Waals surface area contributed by atoms with E-state index < -0.39 is 0 Å². The Balaban J connectivity index is 0.00000261. The van der Waals surface area contributed by atoms with Gasteiger partial charge in [-0.3, -0.25) is 4.99 Å². The third-order valence-corrected chi connectivity index (χ3v) is 5.04. The molecule has 6 heteroatoms. The lowest BCUT2D eigenvalue weighted by molar-refractivity contribution is 0.506. The molecular weight excluding hydrogens is 469 g/mol. The highest BCUT2D eigenvalue weighted by molar-refractivity contribution is 14.0. The fourth-order valence-electron chi connectivity index (χ4n) is 2.67. The van der Waals surface area contributed by atoms with Crippen molar-refractivity contribution in [1.82, 2.24) is 10.6 Å². The Bertz CT molecular complexity index is 773. The number of nitrogens with zero attached hydrogens (tertiary/aromatic N) is 1. The number of guanidine groups is 1. The van der Waals surface area contributed by atoms with Crippen LogP contribution in [0.25, 0.3) is 0 Å². The number of rotatable bonds is 8. The second-order valence-electron chi connectivity index (χ2n) is 6.09. The van der Waals surface area contributed by atoms with Gasteiger partial charge in [-0.05, 0) is 36.1 Å². The molecule has 1 atom stereocenters. The average Bonchev–Trinajstić information content (AvgIpc) is 3.36. The van der Waals surface area contributed by atoms with Gasteiger partial charge in [-0.15, -0.1) is 35.3 Å². The molecular formula is C21H26IN3OS. The van der Waals surface area contributed by atoms with Gasteiger partial charge in [0.05, 0.1) is 12.3 Å². The molecule has 0 amide bonds. The lowest BCUT2D eigenvalue weighted by Gasteiger charge is -2.18. The number of halogens is 1. The molecule has 1 unspecified atom stereocenters. The summed E-state index contributed by atoms with van der Waals surface area (Å²) in [5, 5.41) is 9.03. The number of nitrogens with one attached hydrogen (secondary N) is 2. The van der Waals surface area contributed by atoms with Crippen LogP contribution in [0.4, 0.5) is 0 Å². The van der Waals surface area contributed by atoms with E-state index in [0.29, 0.717) is 0 Å². The van der Waals surface area contributed by atoms with Crippen LogP contribution in [0.5, 0.6) is 0 Å². The van der Waals surface area contributed by atoms with Crippen LogP contribution in [0, 0.1) is 0 Å². The predicted molar refractivity (Wildman–Crippen MR) is 124 cm³/mol. The maximum atomic E-state index is 5.40. The highest BCUT2D eigenvalue weighted by atomic mass is 127. The van der Waals surface area contributed by atoms with Gasteiger partial charge in [0.1, 0.15) is 5.76 Å². The van der Waals surface area contributed by atoms with Gasteiger partial charge >= 0.3 is 0 Å². The third-order valence-electron chi connectivity index (χ3n) is 4.10. The van der Waals surface area contributed by atoms with Crippen molar-refractivity contribution in [3.8, 4) is 0 Å². The number of hydrogen-bond donors (Lipinski definition) is 2. The largest absolute Gasteiger partial charge is 0.469 e. The van der Waals surface area contributed by atoms with E-state index in [0.717, 1.165) is 37.7 Å². The van der Waals surface area contributed by atoms with E-state index in [9.17, 15) is 0 Å². The minimum absolute atomic E-state index is 0. The smallest absolute Gasteiger partial charge is 0.191 e. The van der Waals surface area contributed by atoms with E-state index >= 15 is 0 Å². The van der Waals surface area contributed by atoms with Crippen molar-refractivity contribution in [3.63, 3.8) is 0 Å². The summed E-state index contributed by atoms with van der Waals surface area (Å²) < 4.78 is 5.40. The van der Waals surface area contributed by atoms with Crippen LogP contribution in [0.1, 0.15) is 29.2 Å². The molecule has 3 rings (SSSR count). The molecule has 1 aromatic carbocycles. The van der Waals surface area contributed by atoms with Crippen LogP contribution in [-0.4, -0.2) is 19.0 Å². The minimum atomic E-state index is 0. The molecule has 2 N–H and O–H groups in total. The van der Waals surface area contributed by atoms with Gasteiger partial charge in [0.25, 0.3) is 0 Å². The fourth-order valence-corrected chi connectivity index (χ4v) is 3.37. The summed E-state index contributed by atoms with van der Waals surface area (Å²) in [6, 6.07) is 18.8. The van der Waals surface area contributed by atoms with Crippen LogP contribution in [0.3, 0.4) is 0 Å². The quantitative estimate of drug-likeness (QED) is 0.262. The maximum Gasteiger partial charge on any atom is 0.191 e. The van der Waals surface area contributed by atoms with Crippen molar-refractivity contribution in [3.05, 3.63) is 82.4 Å². The molecule has 3 aromatic rings. The first-order chi connectivity index (χ1) is 12.8. The Morgan fingerprint density at radius 1 is 1.07 bits per heavy atom. The molecule has 0 aliphatic rings. The van der Waals surface area contributed by atoms with Crippen LogP contribution in [-0.2, 0) is 12.8 Å². The van der Waals surface area contributed by atoms with Gasteiger partial charge < -0.3 is 15.1 Å². The molecule has 0 bridgehead atoms. The van der Waals surface area contributed by atoms with E-state index in [1.807, 2.05) is 18.2 Å². The Morgan fingerprint density at radius 2 is 1.93 bits per heavy atom. The van der Waals surface area contributed by atoms with Gasteiger partial charge in [0.2, 0.25) is 0 Å². The molecule has 0 aliphatic carbocycles. The highest BCUT2D eigenvalue weighted by Crippen LogP contribution is 2.11. The van der Waals surface area contributed by atoms with Crippen LogP contribution in [0.2, 0.25) is 0 Å². The van der Waals surface area contributed by atoms with E-state index in [1.165, 1.54) is 10.4 Å². The Kier molecular flexibility index (Phi) is 9.41. The molecule has 0 saturated carbocycles. The molecule has 0 spiro atoms. The maximum absolute atomic E-state index is 5.40. The van der Waals surface area contributed by atoms with Gasteiger partial charge in [-0.25, -0.2) is 0 Å². The van der Waals surface area contributed by atoms with Gasteiger partial charge in [0, 0.05) is 30.8 Å². The second kappa shape index (κ2) is 11.8. The Labute approximate surface area is 182 Å². The van der Waals surface area contributed by atoms with E-state index in [-0.39, 0.29) is 30.0 Å². The van der Waals surface area contributed by atoms with Gasteiger partial charge in [0.15, 0.2) is 5.96 Å². The van der Waals surface area contributed by atoms with Gasteiger partial charge in [-0.1, -0.05) is 36.4 Å². The summed E-state index contributed by atoms with van der Waals surface area (Å²) in [5.74, 6) is 1.82. The zero-order valence-electron chi connectivity index (χ0n) is 15.4. The SMILES string of the molecule is CC(NC(=NCCc1cccs1)NCCc1ccco1)c1ccccc1.I. The lowest BCUT2D eigenvalue weighted by Crippen LogP contribution is -2.40. The van der Waals surface area contributed by atoms with Crippen molar-refractivity contribution in [1.29, 1.82) is 0 Å². The summed E-state index contributed by atoms with van der Waals surface area (Å²) in [7, 11) is 0. The van der Waals surface area contributed by atoms with E-state index in [4.69, 9.17) is 9.41 Å². The Hall–Kier alpha value is -1.80. The average molecular weight is 495 g/mol. The standard InChI is InChI=1S/C21H25N3OS.HI/c1-17(18-7-3-2-4-8-18)24-21(22-13-11-19-9-5-15-25-19)23-14-12-20-10-6-16-26-20;/h2-10,15-17H,11-14H2,1H3,(H2,22,23,24);1H. The lowest BCUT2D eigenvalue weighted by atomic mass is 10.1. The van der Waals surface area contributed by atoms with Crippen molar-refractivity contribution >= 4 is 41.3 Å². The number of benzene rings is 1. The molecule has 144 valence electrons. The zero-order valence-corrected chi connectivity index (χ0v) is 18.6. The number of thiophene rings is 1. The molecule has 27 heavy (non-hydrogen) atoms. The minimum Gasteiger partial charge on any atom is -0.469 e. The number of aliphatic imine (C=N–C) groups is 1. The summed E-state index contributed by atoms with van der Waals surface area (Å²) in [6.07, 6.45) is 3.50. The van der Waals surface area contributed by atoms with Crippen molar-refractivity contribution < 1.29 is 4.42 Å². The van der Waals surface area contributed by atoms with Crippen LogP contribution >= 0.6 is 35.3 Å². The zero-order chi connectivity index (χ0) is 18.0. The summed E-state index contributed by atoms with van der Waals surface area (Å²) in [4.78, 5) is 6.11. The first kappa shape index (κ1) is 21.5. The summed E-state index contributed by atoms with van der Waals surface area (Å²) in [6.45, 7) is 3.69. The molecule has 0 radical (unpaired) electrons. The first-order valence-electron chi connectivity index (χ1n) is 8.96. The summed E-state index contributed by atoms with van der Waals surface area (Å²) in [5.41, 5.74) is 1.24. The molecule has 4 nitrogen and oxygen atoms in total. The van der Waals surface area contributed by atoms with E-state index in [1.54, 1.807) is 17.6 Å². The van der Waals surface area contributed by atoms with Crippen molar-refractivity contribution in [2.75, 3.05) is 13.1 Å². The highest BCUT2D eigenvalue weighted by Gasteiger charge is 2.08. The van der Waals surface area contributed by atoms with Crippen LogP contribution < -0.4 is 10.6 Å². The third kappa shape index (κ3) is 7.38. The topological polar surface area (TPSA) is 49.6 Å². The molecule has 2 aromatic heterocycles. The second-order valence-corrected chi connectivity index (χ2v) is 7.12. The summed E-state index contributed by atoms with van der Waals surface area (Å²) >= 11 is 1.78.